The fourth-order valence-corrected chi connectivity index (χ4v) is 4.33. The third-order valence-corrected chi connectivity index (χ3v) is 6.34. The maximum Gasteiger partial charge on any atom is 0.336 e. The first-order valence-corrected chi connectivity index (χ1v) is 11.0. The number of rotatable bonds is 6. The van der Waals surface area contributed by atoms with Gasteiger partial charge < -0.3 is 9.15 Å². The van der Waals surface area contributed by atoms with Crippen LogP contribution in [0.4, 0.5) is 0 Å². The predicted octanol–water partition coefficient (Wildman–Crippen LogP) is 3.38. The molecule has 0 unspecified atom stereocenters. The van der Waals surface area contributed by atoms with Gasteiger partial charge in [0, 0.05) is 17.0 Å². The van der Waals surface area contributed by atoms with E-state index in [0.717, 1.165) is 16.5 Å². The molecule has 0 bridgehead atoms. The van der Waals surface area contributed by atoms with E-state index in [1.807, 2.05) is 6.92 Å². The zero-order valence-electron chi connectivity index (χ0n) is 17.2. The highest BCUT2D eigenvalue weighted by Crippen LogP contribution is 2.28. The molecule has 0 radical (unpaired) electrons. The summed E-state index contributed by atoms with van der Waals surface area (Å²) in [7, 11) is -3.89. The van der Waals surface area contributed by atoms with Gasteiger partial charge in [-0.05, 0) is 57.0 Å². The lowest BCUT2D eigenvalue weighted by atomic mass is 10.1. The van der Waals surface area contributed by atoms with Crippen LogP contribution in [0.2, 0.25) is 0 Å². The molecule has 1 N–H and O–H groups in total. The molecule has 1 atom stereocenters. The largest absolute Gasteiger partial charge is 0.425 e. The summed E-state index contributed by atoms with van der Waals surface area (Å²) >= 11 is 0. The molecular weight excluding hydrogens is 406 g/mol. The lowest BCUT2D eigenvalue weighted by Gasteiger charge is -2.17. The summed E-state index contributed by atoms with van der Waals surface area (Å²) in [6, 6.07) is 9.94. The predicted molar refractivity (Wildman–Crippen MR) is 113 cm³/mol. The molecule has 0 saturated heterocycles. The SMILES string of the molecule is CC[C@H](NS(=O)(=O)c1ccc(C)cc1)C(=O)Oc1ccc2c(C)cc(=O)oc2c1C. The molecule has 0 aliphatic rings. The van der Waals surface area contributed by atoms with Crippen LogP contribution in [0, 0.1) is 20.8 Å². The second-order valence-corrected chi connectivity index (χ2v) is 8.84. The Morgan fingerprint density at radius 3 is 2.40 bits per heavy atom. The summed E-state index contributed by atoms with van der Waals surface area (Å²) < 4.78 is 38.4. The molecule has 30 heavy (non-hydrogen) atoms. The summed E-state index contributed by atoms with van der Waals surface area (Å²) in [6.07, 6.45) is 0.199. The Kier molecular flexibility index (Phi) is 6.09. The number of fused-ring (bicyclic) bond motifs is 1. The maximum atomic E-state index is 12.7. The standard InChI is InChI=1S/C22H23NO6S/c1-5-18(23-30(26,27)16-8-6-13(2)7-9-16)22(25)28-19-11-10-17-14(3)12-20(24)29-21(17)15(19)4/h6-12,18,23H,5H2,1-4H3/t18-/m0/s1. The molecule has 0 amide bonds. The fourth-order valence-electron chi connectivity index (χ4n) is 3.06. The Labute approximate surface area is 174 Å². The zero-order chi connectivity index (χ0) is 22.1. The summed E-state index contributed by atoms with van der Waals surface area (Å²) in [5.41, 5.74) is 1.99. The Balaban J connectivity index is 1.86. The number of nitrogens with one attached hydrogen (secondary N) is 1. The van der Waals surface area contributed by atoms with Gasteiger partial charge in [-0.15, -0.1) is 0 Å². The minimum Gasteiger partial charge on any atom is -0.425 e. The van der Waals surface area contributed by atoms with E-state index in [1.165, 1.54) is 18.2 Å². The first kappa shape index (κ1) is 21.7. The van der Waals surface area contributed by atoms with Gasteiger partial charge in [-0.3, -0.25) is 0 Å². The van der Waals surface area contributed by atoms with Crippen LogP contribution in [-0.2, 0) is 14.8 Å². The molecule has 0 fully saturated rings. The maximum absolute atomic E-state index is 12.7. The Morgan fingerprint density at radius 1 is 1.10 bits per heavy atom. The number of aryl methyl sites for hydroxylation is 3. The molecule has 7 nitrogen and oxygen atoms in total. The number of esters is 1. The van der Waals surface area contributed by atoms with Gasteiger partial charge in [-0.25, -0.2) is 18.0 Å². The van der Waals surface area contributed by atoms with Gasteiger partial charge in [0.2, 0.25) is 10.0 Å². The van der Waals surface area contributed by atoms with Gasteiger partial charge >= 0.3 is 11.6 Å². The van der Waals surface area contributed by atoms with Crippen molar-refractivity contribution in [3.63, 3.8) is 0 Å². The van der Waals surface area contributed by atoms with E-state index in [-0.39, 0.29) is 17.1 Å². The molecule has 1 aromatic heterocycles. The molecule has 8 heteroatoms. The van der Waals surface area contributed by atoms with Gasteiger partial charge in [0.1, 0.15) is 17.4 Å². The van der Waals surface area contributed by atoms with Crippen molar-refractivity contribution in [2.75, 3.05) is 0 Å². The first-order valence-electron chi connectivity index (χ1n) is 9.47. The van der Waals surface area contributed by atoms with Crippen LogP contribution < -0.4 is 15.1 Å². The van der Waals surface area contributed by atoms with Gasteiger partial charge in [0.05, 0.1) is 4.90 Å². The summed E-state index contributed by atoms with van der Waals surface area (Å²) in [5, 5.41) is 0.735. The van der Waals surface area contributed by atoms with Crippen molar-refractivity contribution in [2.45, 2.75) is 45.1 Å². The lowest BCUT2D eigenvalue weighted by Crippen LogP contribution is -2.42. The Hall–Kier alpha value is -2.97. The van der Waals surface area contributed by atoms with Gasteiger partial charge in [0.15, 0.2) is 0 Å². The zero-order valence-corrected chi connectivity index (χ0v) is 18.0. The van der Waals surface area contributed by atoms with Crippen molar-refractivity contribution in [3.8, 4) is 5.75 Å². The van der Waals surface area contributed by atoms with E-state index >= 15 is 0 Å². The smallest absolute Gasteiger partial charge is 0.336 e. The summed E-state index contributed by atoms with van der Waals surface area (Å²) in [4.78, 5) is 24.5. The number of carbonyl (C=O) groups excluding carboxylic acids is 1. The van der Waals surface area contributed by atoms with Crippen LogP contribution in [0.1, 0.15) is 30.0 Å². The van der Waals surface area contributed by atoms with E-state index < -0.39 is 27.7 Å². The molecule has 0 saturated carbocycles. The molecular formula is C22H23NO6S. The second-order valence-electron chi connectivity index (χ2n) is 7.13. The van der Waals surface area contributed by atoms with Crippen LogP contribution in [0.15, 0.2) is 56.6 Å². The number of ether oxygens (including phenoxy) is 1. The normalized spacial score (nSPS) is 12.7. The minimum atomic E-state index is -3.89. The summed E-state index contributed by atoms with van der Waals surface area (Å²) in [5.74, 6) is -0.542. The van der Waals surface area contributed by atoms with Crippen molar-refractivity contribution in [1.29, 1.82) is 0 Å². The number of hydrogen-bond acceptors (Lipinski definition) is 6. The molecule has 0 aliphatic heterocycles. The number of carbonyl (C=O) groups is 1. The van der Waals surface area contributed by atoms with Gasteiger partial charge in [-0.1, -0.05) is 24.6 Å². The average molecular weight is 429 g/mol. The first-order chi connectivity index (χ1) is 14.1. The molecule has 3 rings (SSSR count). The van der Waals surface area contributed by atoms with E-state index in [4.69, 9.17) is 9.15 Å². The molecule has 158 valence electrons. The molecule has 0 spiro atoms. The molecule has 1 heterocycles. The van der Waals surface area contributed by atoms with E-state index in [2.05, 4.69) is 4.72 Å². The van der Waals surface area contributed by atoms with E-state index in [0.29, 0.717) is 11.1 Å². The van der Waals surface area contributed by atoms with Gasteiger partial charge in [-0.2, -0.15) is 4.72 Å². The topological polar surface area (TPSA) is 103 Å². The number of hydrogen-bond donors (Lipinski definition) is 1. The second kappa shape index (κ2) is 8.41. The quantitative estimate of drug-likeness (QED) is 0.366. The van der Waals surface area contributed by atoms with Crippen molar-refractivity contribution < 1.29 is 22.4 Å². The third-order valence-electron chi connectivity index (χ3n) is 4.85. The lowest BCUT2D eigenvalue weighted by molar-refractivity contribution is -0.136. The van der Waals surface area contributed by atoms with E-state index in [9.17, 15) is 18.0 Å². The van der Waals surface area contributed by atoms with Crippen molar-refractivity contribution in [1.82, 2.24) is 4.72 Å². The highest BCUT2D eigenvalue weighted by Gasteiger charge is 2.26. The van der Waals surface area contributed by atoms with Crippen LogP contribution in [0.5, 0.6) is 5.75 Å². The molecule has 0 aliphatic carbocycles. The third kappa shape index (κ3) is 4.44. The number of sulfonamides is 1. The average Bonchev–Trinajstić information content (AvgIpc) is 2.69. The van der Waals surface area contributed by atoms with E-state index in [1.54, 1.807) is 45.0 Å². The van der Waals surface area contributed by atoms with Crippen LogP contribution in [0.25, 0.3) is 11.0 Å². The molecule has 2 aromatic carbocycles. The Morgan fingerprint density at radius 2 is 1.77 bits per heavy atom. The van der Waals surface area contributed by atoms with Gasteiger partial charge in [0.25, 0.3) is 0 Å². The fraction of sp³-hybridized carbons (Fsp3) is 0.273. The van der Waals surface area contributed by atoms with Crippen LogP contribution in [-0.4, -0.2) is 20.4 Å². The van der Waals surface area contributed by atoms with Crippen molar-refractivity contribution in [2.24, 2.45) is 0 Å². The van der Waals surface area contributed by atoms with Crippen LogP contribution in [0.3, 0.4) is 0 Å². The minimum absolute atomic E-state index is 0.0680. The van der Waals surface area contributed by atoms with Crippen LogP contribution >= 0.6 is 0 Å². The molecule has 3 aromatic rings. The van der Waals surface area contributed by atoms with Crippen molar-refractivity contribution in [3.05, 3.63) is 69.6 Å². The highest BCUT2D eigenvalue weighted by atomic mass is 32.2. The highest BCUT2D eigenvalue weighted by molar-refractivity contribution is 7.89. The Bertz CT molecular complexity index is 1260. The monoisotopic (exact) mass is 429 g/mol. The number of benzene rings is 2. The van der Waals surface area contributed by atoms with Crippen molar-refractivity contribution >= 4 is 27.0 Å². The summed E-state index contributed by atoms with van der Waals surface area (Å²) in [6.45, 7) is 6.99.